The van der Waals surface area contributed by atoms with Crippen LogP contribution in [0.2, 0.25) is 10.0 Å². The van der Waals surface area contributed by atoms with Crippen molar-refractivity contribution in [2.75, 3.05) is 5.32 Å². The molecule has 0 fully saturated rings. The number of carbonyl (C=O) groups is 1. The summed E-state index contributed by atoms with van der Waals surface area (Å²) in [6.07, 6.45) is 0. The van der Waals surface area contributed by atoms with Gasteiger partial charge in [-0.3, -0.25) is 4.79 Å². The highest BCUT2D eigenvalue weighted by Crippen LogP contribution is 2.22. The van der Waals surface area contributed by atoms with Crippen LogP contribution in [0.3, 0.4) is 0 Å². The number of quaternary nitrogens is 1. The number of hydrogen-bond acceptors (Lipinski definition) is 1. The molecule has 0 saturated carbocycles. The number of rotatable bonds is 3. The van der Waals surface area contributed by atoms with Gasteiger partial charge in [-0.1, -0.05) is 37.0 Å². The molecule has 0 aromatic heterocycles. The van der Waals surface area contributed by atoms with Crippen LogP contribution in [0.15, 0.2) is 18.2 Å². The van der Waals surface area contributed by atoms with E-state index in [1.54, 1.807) is 18.2 Å². The van der Waals surface area contributed by atoms with E-state index in [2.05, 4.69) is 11.1 Å². The van der Waals surface area contributed by atoms with E-state index in [9.17, 15) is 4.79 Å². The maximum atomic E-state index is 11.7. The topological polar surface area (TPSA) is 56.7 Å². The maximum Gasteiger partial charge on any atom is 0.282 e. The smallest absolute Gasteiger partial charge is 0.282 e. The van der Waals surface area contributed by atoms with Crippen LogP contribution in [-0.4, -0.2) is 11.9 Å². The van der Waals surface area contributed by atoms with Gasteiger partial charge in [0.1, 0.15) is 0 Å². The van der Waals surface area contributed by atoms with Gasteiger partial charge >= 0.3 is 0 Å². The van der Waals surface area contributed by atoms with E-state index >= 15 is 0 Å². The highest BCUT2D eigenvalue weighted by atomic mass is 35.5. The van der Waals surface area contributed by atoms with Crippen molar-refractivity contribution < 1.29 is 22.9 Å². The standard InChI is InChI=1S/C11H14Cl2N2O.ClH/c1-6(2)10(14)11(16)15-9-4-7(12)3-8(13)5-9;/h3-6,10H,14H2,1-2H3,(H,15,16);1H/t10-;/m0./s1. The summed E-state index contributed by atoms with van der Waals surface area (Å²) in [6, 6.07) is 4.62. The van der Waals surface area contributed by atoms with E-state index in [-0.39, 0.29) is 30.3 Å². The third-order valence-corrected chi connectivity index (χ3v) is 2.71. The summed E-state index contributed by atoms with van der Waals surface area (Å²) in [5, 5.41) is 3.72. The average Bonchev–Trinajstić information content (AvgIpc) is 2.14. The van der Waals surface area contributed by atoms with Crippen LogP contribution in [0.4, 0.5) is 5.69 Å². The Morgan fingerprint density at radius 1 is 1.24 bits per heavy atom. The van der Waals surface area contributed by atoms with Gasteiger partial charge in [0.2, 0.25) is 0 Å². The Hall–Kier alpha value is -0.480. The van der Waals surface area contributed by atoms with Gasteiger partial charge in [0.15, 0.2) is 6.04 Å². The minimum atomic E-state index is -0.294. The molecule has 0 aliphatic rings. The van der Waals surface area contributed by atoms with Gasteiger partial charge in [-0.15, -0.1) is 0 Å². The van der Waals surface area contributed by atoms with Crippen LogP contribution in [0, 0.1) is 5.92 Å². The van der Waals surface area contributed by atoms with E-state index in [4.69, 9.17) is 23.2 Å². The lowest BCUT2D eigenvalue weighted by atomic mass is 10.1. The number of amides is 1. The summed E-state index contributed by atoms with van der Waals surface area (Å²) in [7, 11) is 0. The number of nitrogens with one attached hydrogen (secondary N) is 1. The Kier molecular flexibility index (Phi) is 6.87. The van der Waals surface area contributed by atoms with Crippen LogP contribution in [0.25, 0.3) is 0 Å². The zero-order valence-electron chi connectivity index (χ0n) is 9.64. The van der Waals surface area contributed by atoms with Crippen molar-refractivity contribution in [3.8, 4) is 0 Å². The normalized spacial score (nSPS) is 11.9. The molecule has 1 aromatic rings. The highest BCUT2D eigenvalue weighted by Gasteiger charge is 2.21. The largest absolute Gasteiger partial charge is 1.00 e. The van der Waals surface area contributed by atoms with Gasteiger partial charge < -0.3 is 23.5 Å². The first-order valence-corrected chi connectivity index (χ1v) is 5.76. The van der Waals surface area contributed by atoms with E-state index in [1.165, 1.54) is 0 Å². The second-order valence-corrected chi connectivity index (χ2v) is 4.87. The summed E-state index contributed by atoms with van der Waals surface area (Å²) < 4.78 is 0. The zero-order chi connectivity index (χ0) is 12.3. The van der Waals surface area contributed by atoms with Gasteiger partial charge in [-0.25, -0.2) is 0 Å². The summed E-state index contributed by atoms with van der Waals surface area (Å²) in [5.74, 6) is 0.0583. The van der Waals surface area contributed by atoms with Gasteiger partial charge in [-0.05, 0) is 18.2 Å². The zero-order valence-corrected chi connectivity index (χ0v) is 11.9. The molecule has 1 aromatic carbocycles. The second-order valence-electron chi connectivity index (χ2n) is 4.00. The number of benzene rings is 1. The summed E-state index contributed by atoms with van der Waals surface area (Å²) in [6.45, 7) is 3.89. The van der Waals surface area contributed by atoms with Crippen molar-refractivity contribution in [2.24, 2.45) is 5.92 Å². The summed E-state index contributed by atoms with van der Waals surface area (Å²) >= 11 is 11.6. The minimum absolute atomic E-state index is 0. The molecule has 0 bridgehead atoms. The fourth-order valence-corrected chi connectivity index (χ4v) is 1.69. The molecule has 96 valence electrons. The Morgan fingerprint density at radius 2 is 1.71 bits per heavy atom. The first-order valence-electron chi connectivity index (χ1n) is 5.00. The molecular weight excluding hydrogens is 282 g/mol. The van der Waals surface area contributed by atoms with Gasteiger partial charge in [-0.2, -0.15) is 0 Å². The number of anilines is 1. The van der Waals surface area contributed by atoms with Crippen molar-refractivity contribution >= 4 is 34.8 Å². The molecule has 0 saturated heterocycles. The molecule has 0 unspecified atom stereocenters. The first kappa shape index (κ1) is 16.5. The number of hydrogen-bond donors (Lipinski definition) is 2. The molecule has 17 heavy (non-hydrogen) atoms. The fourth-order valence-electron chi connectivity index (χ4n) is 1.16. The Bertz CT molecular complexity index is 376. The molecule has 1 rings (SSSR count). The summed E-state index contributed by atoms with van der Waals surface area (Å²) in [4.78, 5) is 11.7. The predicted molar refractivity (Wildman–Crippen MR) is 66.6 cm³/mol. The Labute approximate surface area is 117 Å². The van der Waals surface area contributed by atoms with Gasteiger partial charge in [0.05, 0.1) is 0 Å². The van der Waals surface area contributed by atoms with E-state index < -0.39 is 0 Å². The summed E-state index contributed by atoms with van der Waals surface area (Å²) in [5.41, 5.74) is 4.39. The second kappa shape index (κ2) is 7.07. The molecule has 1 amide bonds. The lowest BCUT2D eigenvalue weighted by molar-refractivity contribution is -0.412. The molecule has 0 heterocycles. The van der Waals surface area contributed by atoms with Crippen molar-refractivity contribution in [1.82, 2.24) is 0 Å². The van der Waals surface area contributed by atoms with Crippen LogP contribution in [-0.2, 0) is 4.79 Å². The molecule has 4 N–H and O–H groups in total. The van der Waals surface area contributed by atoms with Crippen molar-refractivity contribution in [1.29, 1.82) is 0 Å². The lowest BCUT2D eigenvalue weighted by Crippen LogP contribution is -3.00. The van der Waals surface area contributed by atoms with Crippen LogP contribution in [0.1, 0.15) is 13.8 Å². The molecule has 1 atom stereocenters. The molecule has 0 aliphatic heterocycles. The molecule has 0 aliphatic carbocycles. The fraction of sp³-hybridized carbons (Fsp3) is 0.364. The predicted octanol–water partition coefficient (Wildman–Crippen LogP) is -0.798. The molecule has 3 nitrogen and oxygen atoms in total. The van der Waals surface area contributed by atoms with Gasteiger partial charge in [0, 0.05) is 21.7 Å². The average molecular weight is 298 g/mol. The van der Waals surface area contributed by atoms with E-state index in [1.807, 2.05) is 13.8 Å². The molecule has 6 heteroatoms. The van der Waals surface area contributed by atoms with Gasteiger partial charge in [0.25, 0.3) is 5.91 Å². The molecule has 0 spiro atoms. The third kappa shape index (κ3) is 5.13. The Morgan fingerprint density at radius 3 is 2.12 bits per heavy atom. The van der Waals surface area contributed by atoms with Crippen molar-refractivity contribution in [2.45, 2.75) is 19.9 Å². The highest BCUT2D eigenvalue weighted by molar-refractivity contribution is 6.35. The quantitative estimate of drug-likeness (QED) is 0.754. The monoisotopic (exact) mass is 296 g/mol. The van der Waals surface area contributed by atoms with Crippen molar-refractivity contribution in [3.05, 3.63) is 28.2 Å². The Balaban J connectivity index is 0.00000256. The first-order chi connectivity index (χ1) is 7.40. The van der Waals surface area contributed by atoms with Crippen molar-refractivity contribution in [3.63, 3.8) is 0 Å². The van der Waals surface area contributed by atoms with Crippen LogP contribution < -0.4 is 23.5 Å². The minimum Gasteiger partial charge on any atom is -1.00 e. The molecular formula is C11H15Cl3N2O. The van der Waals surface area contributed by atoms with E-state index in [0.29, 0.717) is 15.7 Å². The number of halogens is 3. The van der Waals surface area contributed by atoms with Crippen LogP contribution in [0.5, 0.6) is 0 Å². The lowest BCUT2D eigenvalue weighted by Gasteiger charge is -2.12. The van der Waals surface area contributed by atoms with Crippen LogP contribution >= 0.6 is 23.2 Å². The maximum absolute atomic E-state index is 11.7. The van der Waals surface area contributed by atoms with E-state index in [0.717, 1.165) is 0 Å². The number of carbonyl (C=O) groups excluding carboxylic acids is 1. The SMILES string of the molecule is CC(C)[C@H]([NH3+])C(=O)Nc1cc(Cl)cc(Cl)c1.[Cl-]. The third-order valence-electron chi connectivity index (χ3n) is 2.27. The molecule has 0 radical (unpaired) electrons.